The van der Waals surface area contributed by atoms with Crippen molar-refractivity contribution in [2.24, 2.45) is 0 Å². The first-order chi connectivity index (χ1) is 8.68. The molecule has 18 heavy (non-hydrogen) atoms. The Bertz CT molecular complexity index is 457. The van der Waals surface area contributed by atoms with Gasteiger partial charge in [0.25, 0.3) is 0 Å². The Balaban J connectivity index is 2.13. The summed E-state index contributed by atoms with van der Waals surface area (Å²) < 4.78 is 0. The monoisotopic (exact) mass is 282 g/mol. The van der Waals surface area contributed by atoms with Crippen LogP contribution in [0.1, 0.15) is 37.7 Å². The van der Waals surface area contributed by atoms with Gasteiger partial charge in [-0.3, -0.25) is 4.79 Å². The summed E-state index contributed by atoms with van der Waals surface area (Å²) in [7, 11) is 0. The first-order valence-electron chi connectivity index (χ1n) is 6.33. The molecular weight excluding hydrogens is 267 g/mol. The largest absolute Gasteiger partial charge is 0.294 e. The Labute approximate surface area is 118 Å². The summed E-state index contributed by atoms with van der Waals surface area (Å²) in [5, 5.41) is 1.15. The van der Waals surface area contributed by atoms with E-state index in [0.717, 1.165) is 30.4 Å². The van der Waals surface area contributed by atoms with E-state index >= 15 is 0 Å². The topological polar surface area (TPSA) is 17.1 Å². The van der Waals surface area contributed by atoms with Crippen LogP contribution in [0.25, 0.3) is 0 Å². The van der Waals surface area contributed by atoms with Gasteiger partial charge in [-0.1, -0.05) is 41.8 Å². The number of hydrogen-bond donors (Lipinski definition) is 0. The summed E-state index contributed by atoms with van der Waals surface area (Å²) in [4.78, 5) is 12.2. The van der Waals surface area contributed by atoms with Crippen molar-refractivity contribution in [1.82, 2.24) is 0 Å². The SMILES string of the molecule is O=C(Cc1c(Cl)cccc1Cl)C1=CCCCCC1. The van der Waals surface area contributed by atoms with Gasteiger partial charge in [0.05, 0.1) is 0 Å². The van der Waals surface area contributed by atoms with Crippen LogP contribution in [0.4, 0.5) is 0 Å². The van der Waals surface area contributed by atoms with Crippen molar-refractivity contribution in [3.05, 3.63) is 45.5 Å². The van der Waals surface area contributed by atoms with Crippen LogP contribution in [-0.2, 0) is 11.2 Å². The van der Waals surface area contributed by atoms with Gasteiger partial charge in [0, 0.05) is 16.5 Å². The highest BCUT2D eigenvalue weighted by molar-refractivity contribution is 6.36. The number of carbonyl (C=O) groups is 1. The standard InChI is InChI=1S/C15H16Cl2O/c16-13-8-5-9-14(17)12(13)10-15(18)11-6-3-1-2-4-7-11/h5-6,8-9H,1-4,7,10H2. The third-order valence-corrected chi connectivity index (χ3v) is 4.01. The Morgan fingerprint density at radius 1 is 1.11 bits per heavy atom. The maximum atomic E-state index is 12.2. The summed E-state index contributed by atoms with van der Waals surface area (Å²) in [6, 6.07) is 5.35. The molecule has 1 aliphatic carbocycles. The lowest BCUT2D eigenvalue weighted by molar-refractivity contribution is -0.115. The molecule has 0 saturated heterocycles. The van der Waals surface area contributed by atoms with Crippen molar-refractivity contribution in [3.8, 4) is 0 Å². The minimum atomic E-state index is 0.159. The predicted octanol–water partition coefficient (Wildman–Crippen LogP) is 5.00. The highest BCUT2D eigenvalue weighted by Crippen LogP contribution is 2.27. The van der Waals surface area contributed by atoms with Gasteiger partial charge in [0.15, 0.2) is 5.78 Å². The Morgan fingerprint density at radius 3 is 2.56 bits per heavy atom. The second-order valence-electron chi connectivity index (χ2n) is 4.63. The number of halogens is 2. The molecule has 1 aromatic rings. The summed E-state index contributed by atoms with van der Waals surface area (Å²) in [5.41, 5.74) is 1.69. The van der Waals surface area contributed by atoms with Crippen LogP contribution in [0.3, 0.4) is 0 Å². The molecule has 0 aliphatic heterocycles. The first-order valence-corrected chi connectivity index (χ1v) is 7.09. The van der Waals surface area contributed by atoms with E-state index < -0.39 is 0 Å². The van der Waals surface area contributed by atoms with Crippen LogP contribution in [0, 0.1) is 0 Å². The number of ketones is 1. The predicted molar refractivity (Wildman–Crippen MR) is 76.3 cm³/mol. The van der Waals surface area contributed by atoms with E-state index in [1.54, 1.807) is 18.2 Å². The summed E-state index contributed by atoms with van der Waals surface area (Å²) in [6.45, 7) is 0. The van der Waals surface area contributed by atoms with Crippen molar-refractivity contribution in [3.63, 3.8) is 0 Å². The molecule has 0 N–H and O–H groups in total. The molecule has 0 fully saturated rings. The van der Waals surface area contributed by atoms with Crippen molar-refractivity contribution < 1.29 is 4.79 Å². The Hall–Kier alpha value is -0.790. The van der Waals surface area contributed by atoms with E-state index in [2.05, 4.69) is 6.08 Å². The zero-order chi connectivity index (χ0) is 13.0. The van der Waals surface area contributed by atoms with E-state index in [0.29, 0.717) is 16.5 Å². The number of benzene rings is 1. The molecule has 2 rings (SSSR count). The minimum Gasteiger partial charge on any atom is -0.294 e. The van der Waals surface area contributed by atoms with Crippen LogP contribution < -0.4 is 0 Å². The fraction of sp³-hybridized carbons (Fsp3) is 0.400. The normalized spacial score (nSPS) is 16.0. The second kappa shape index (κ2) is 6.40. The number of rotatable bonds is 3. The fourth-order valence-electron chi connectivity index (χ4n) is 2.24. The number of carbonyl (C=O) groups excluding carboxylic acids is 1. The van der Waals surface area contributed by atoms with Crippen LogP contribution in [0.5, 0.6) is 0 Å². The zero-order valence-electron chi connectivity index (χ0n) is 10.2. The van der Waals surface area contributed by atoms with Gasteiger partial charge in [-0.25, -0.2) is 0 Å². The molecule has 0 amide bonds. The molecular formula is C15H16Cl2O. The van der Waals surface area contributed by atoms with E-state index in [1.165, 1.54) is 12.8 Å². The lowest BCUT2D eigenvalue weighted by Crippen LogP contribution is -2.07. The van der Waals surface area contributed by atoms with Crippen molar-refractivity contribution in [1.29, 1.82) is 0 Å². The van der Waals surface area contributed by atoms with Crippen LogP contribution in [0.15, 0.2) is 29.8 Å². The molecule has 1 aromatic carbocycles. The minimum absolute atomic E-state index is 0.159. The second-order valence-corrected chi connectivity index (χ2v) is 5.44. The number of hydrogen-bond acceptors (Lipinski definition) is 1. The molecule has 0 heterocycles. The van der Waals surface area contributed by atoms with Gasteiger partial charge >= 0.3 is 0 Å². The summed E-state index contributed by atoms with van der Waals surface area (Å²) in [6.07, 6.45) is 7.79. The molecule has 3 heteroatoms. The molecule has 0 spiro atoms. The molecule has 0 saturated carbocycles. The van der Waals surface area contributed by atoms with Crippen molar-refractivity contribution >= 4 is 29.0 Å². The molecule has 1 aliphatic rings. The molecule has 1 nitrogen and oxygen atoms in total. The third kappa shape index (κ3) is 3.37. The van der Waals surface area contributed by atoms with Crippen LogP contribution >= 0.6 is 23.2 Å². The van der Waals surface area contributed by atoms with E-state index in [9.17, 15) is 4.79 Å². The Kier molecular flexibility index (Phi) is 4.85. The average Bonchev–Trinajstić information content (AvgIpc) is 2.62. The highest BCUT2D eigenvalue weighted by atomic mass is 35.5. The van der Waals surface area contributed by atoms with E-state index in [4.69, 9.17) is 23.2 Å². The van der Waals surface area contributed by atoms with Gasteiger partial charge in [-0.05, 0) is 49.0 Å². The molecule has 0 atom stereocenters. The molecule has 0 bridgehead atoms. The van der Waals surface area contributed by atoms with Crippen molar-refractivity contribution in [2.75, 3.05) is 0 Å². The maximum absolute atomic E-state index is 12.2. The van der Waals surface area contributed by atoms with E-state index in [1.807, 2.05) is 0 Å². The van der Waals surface area contributed by atoms with E-state index in [-0.39, 0.29) is 5.78 Å². The first kappa shape index (κ1) is 13.6. The van der Waals surface area contributed by atoms with Gasteiger partial charge in [0.2, 0.25) is 0 Å². The Morgan fingerprint density at radius 2 is 1.83 bits per heavy atom. The van der Waals surface area contributed by atoms with Crippen molar-refractivity contribution in [2.45, 2.75) is 38.5 Å². The highest BCUT2D eigenvalue weighted by Gasteiger charge is 2.15. The molecule has 0 radical (unpaired) electrons. The van der Waals surface area contributed by atoms with Gasteiger partial charge in [-0.15, -0.1) is 0 Å². The average molecular weight is 283 g/mol. The summed E-state index contributed by atoms with van der Waals surface area (Å²) in [5.74, 6) is 0.159. The van der Waals surface area contributed by atoms with Gasteiger partial charge in [0.1, 0.15) is 0 Å². The number of Topliss-reactive ketones (excluding diaryl/α,β-unsaturated/α-hetero) is 1. The lowest BCUT2D eigenvalue weighted by atomic mass is 9.99. The summed E-state index contributed by atoms with van der Waals surface area (Å²) >= 11 is 12.2. The van der Waals surface area contributed by atoms with Crippen LogP contribution in [0.2, 0.25) is 10.0 Å². The lowest BCUT2D eigenvalue weighted by Gasteiger charge is -2.08. The zero-order valence-corrected chi connectivity index (χ0v) is 11.7. The fourth-order valence-corrected chi connectivity index (χ4v) is 2.77. The quantitative estimate of drug-likeness (QED) is 0.763. The molecule has 0 unspecified atom stereocenters. The molecule has 0 aromatic heterocycles. The third-order valence-electron chi connectivity index (χ3n) is 3.30. The van der Waals surface area contributed by atoms with Crippen LogP contribution in [-0.4, -0.2) is 5.78 Å². The number of allylic oxidation sites excluding steroid dienone is 2. The smallest absolute Gasteiger partial charge is 0.163 e. The molecule has 96 valence electrons. The maximum Gasteiger partial charge on any atom is 0.163 e. The van der Waals surface area contributed by atoms with Gasteiger partial charge in [-0.2, -0.15) is 0 Å². The van der Waals surface area contributed by atoms with Gasteiger partial charge < -0.3 is 0 Å².